The van der Waals surface area contributed by atoms with Gasteiger partial charge in [-0.25, -0.2) is 0 Å². The Kier molecular flexibility index (Phi) is 3.35. The minimum atomic E-state index is 0.440. The smallest absolute Gasteiger partial charge is 0.0543 e. The summed E-state index contributed by atoms with van der Waals surface area (Å²) in [5, 5.41) is 0. The average molecular weight is 245 g/mol. The molecule has 0 radical (unpaired) electrons. The van der Waals surface area contributed by atoms with Gasteiger partial charge in [0.05, 0.1) is 5.69 Å². The standard InChI is InChI=1S/C15H23N3/c1-18(9-13-4-2-3-7-17-13)10-14-11-5-6-12(8-11)15(14)16/h2-4,7,11-12,14-15H,5-6,8-10,16H2,1H3. The first kappa shape index (κ1) is 12.1. The first-order valence-electron chi connectivity index (χ1n) is 7.08. The molecule has 0 aromatic carbocycles. The Bertz CT molecular complexity index is 390. The summed E-state index contributed by atoms with van der Waals surface area (Å²) in [6, 6.07) is 6.56. The summed E-state index contributed by atoms with van der Waals surface area (Å²) in [5.41, 5.74) is 7.51. The lowest BCUT2D eigenvalue weighted by molar-refractivity contribution is 0.193. The molecule has 1 heterocycles. The molecule has 2 saturated carbocycles. The zero-order valence-electron chi connectivity index (χ0n) is 11.1. The van der Waals surface area contributed by atoms with Crippen molar-refractivity contribution in [1.82, 2.24) is 9.88 Å². The fraction of sp³-hybridized carbons (Fsp3) is 0.667. The fourth-order valence-corrected chi connectivity index (χ4v) is 3.92. The van der Waals surface area contributed by atoms with Crippen LogP contribution in [-0.4, -0.2) is 29.5 Å². The zero-order valence-corrected chi connectivity index (χ0v) is 11.1. The van der Waals surface area contributed by atoms with E-state index in [1.807, 2.05) is 12.3 Å². The lowest BCUT2D eigenvalue weighted by Gasteiger charge is -2.31. The number of hydrogen-bond donors (Lipinski definition) is 1. The SMILES string of the molecule is CN(Cc1ccccn1)CC1C2CCC(C2)C1N. The second-order valence-corrected chi connectivity index (χ2v) is 6.09. The molecule has 18 heavy (non-hydrogen) atoms. The molecule has 0 aliphatic heterocycles. The summed E-state index contributed by atoms with van der Waals surface area (Å²) in [4.78, 5) is 6.77. The van der Waals surface area contributed by atoms with Crippen molar-refractivity contribution in [1.29, 1.82) is 0 Å². The van der Waals surface area contributed by atoms with Crippen molar-refractivity contribution in [2.45, 2.75) is 31.8 Å². The van der Waals surface area contributed by atoms with Gasteiger partial charge in [0.1, 0.15) is 0 Å². The van der Waals surface area contributed by atoms with E-state index >= 15 is 0 Å². The van der Waals surface area contributed by atoms with Crippen molar-refractivity contribution >= 4 is 0 Å². The molecule has 2 bridgehead atoms. The molecule has 2 fully saturated rings. The van der Waals surface area contributed by atoms with Gasteiger partial charge in [-0.2, -0.15) is 0 Å². The maximum atomic E-state index is 6.36. The average Bonchev–Trinajstić information content (AvgIpc) is 2.94. The van der Waals surface area contributed by atoms with Crippen molar-refractivity contribution in [2.24, 2.45) is 23.5 Å². The van der Waals surface area contributed by atoms with Crippen LogP contribution in [0.15, 0.2) is 24.4 Å². The molecule has 3 nitrogen and oxygen atoms in total. The molecule has 0 amide bonds. The number of aromatic nitrogens is 1. The van der Waals surface area contributed by atoms with Crippen molar-refractivity contribution in [3.63, 3.8) is 0 Å². The van der Waals surface area contributed by atoms with Gasteiger partial charge in [0.25, 0.3) is 0 Å². The molecule has 2 aliphatic rings. The van der Waals surface area contributed by atoms with Gasteiger partial charge in [0.2, 0.25) is 0 Å². The third kappa shape index (κ3) is 2.29. The van der Waals surface area contributed by atoms with Gasteiger partial charge in [-0.1, -0.05) is 6.07 Å². The number of nitrogens with two attached hydrogens (primary N) is 1. The molecule has 0 saturated heterocycles. The van der Waals surface area contributed by atoms with E-state index in [0.717, 1.165) is 30.6 Å². The number of pyridine rings is 1. The van der Waals surface area contributed by atoms with Gasteiger partial charge < -0.3 is 10.6 Å². The van der Waals surface area contributed by atoms with E-state index in [0.29, 0.717) is 12.0 Å². The predicted molar refractivity (Wildman–Crippen MR) is 72.9 cm³/mol. The molecular weight excluding hydrogens is 222 g/mol. The monoisotopic (exact) mass is 245 g/mol. The van der Waals surface area contributed by atoms with Crippen molar-refractivity contribution in [3.05, 3.63) is 30.1 Å². The maximum Gasteiger partial charge on any atom is 0.0543 e. The summed E-state index contributed by atoms with van der Waals surface area (Å²) in [7, 11) is 2.19. The Labute approximate surface area is 109 Å². The maximum absolute atomic E-state index is 6.36. The van der Waals surface area contributed by atoms with Crippen molar-refractivity contribution in [3.8, 4) is 0 Å². The first-order valence-corrected chi connectivity index (χ1v) is 7.08. The van der Waals surface area contributed by atoms with Crippen molar-refractivity contribution < 1.29 is 0 Å². The van der Waals surface area contributed by atoms with Crippen LogP contribution >= 0.6 is 0 Å². The molecule has 3 rings (SSSR count). The van der Waals surface area contributed by atoms with Crippen LogP contribution in [0.25, 0.3) is 0 Å². The molecule has 4 unspecified atom stereocenters. The van der Waals surface area contributed by atoms with Crippen LogP contribution in [0.2, 0.25) is 0 Å². The van der Waals surface area contributed by atoms with E-state index in [1.165, 1.54) is 19.3 Å². The van der Waals surface area contributed by atoms with Gasteiger partial charge in [-0.15, -0.1) is 0 Å². The molecule has 1 aromatic rings. The highest BCUT2D eigenvalue weighted by atomic mass is 15.1. The Hall–Kier alpha value is -0.930. The van der Waals surface area contributed by atoms with E-state index in [1.54, 1.807) is 0 Å². The largest absolute Gasteiger partial charge is 0.327 e. The predicted octanol–water partition coefficient (Wildman–Crippen LogP) is 1.89. The fourth-order valence-electron chi connectivity index (χ4n) is 3.92. The quantitative estimate of drug-likeness (QED) is 0.881. The highest BCUT2D eigenvalue weighted by Gasteiger charge is 2.45. The summed E-state index contributed by atoms with van der Waals surface area (Å²) >= 11 is 0. The molecule has 4 atom stereocenters. The van der Waals surface area contributed by atoms with Crippen LogP contribution in [0.4, 0.5) is 0 Å². The normalized spacial score (nSPS) is 34.4. The molecule has 0 spiro atoms. The summed E-state index contributed by atoms with van der Waals surface area (Å²) in [6.07, 6.45) is 6.02. The van der Waals surface area contributed by atoms with Gasteiger partial charge in [-0.05, 0) is 56.2 Å². The van der Waals surface area contributed by atoms with Crippen LogP contribution in [0.1, 0.15) is 25.0 Å². The van der Waals surface area contributed by atoms with E-state index in [9.17, 15) is 0 Å². The molecular formula is C15H23N3. The first-order chi connectivity index (χ1) is 8.74. The molecule has 2 aliphatic carbocycles. The van der Waals surface area contributed by atoms with Crippen molar-refractivity contribution in [2.75, 3.05) is 13.6 Å². The van der Waals surface area contributed by atoms with Crippen LogP contribution in [-0.2, 0) is 6.54 Å². The van der Waals surface area contributed by atoms with E-state index in [4.69, 9.17) is 5.73 Å². The van der Waals surface area contributed by atoms with Crippen LogP contribution < -0.4 is 5.73 Å². The molecule has 2 N–H and O–H groups in total. The van der Waals surface area contributed by atoms with Crippen LogP contribution in [0.5, 0.6) is 0 Å². The summed E-state index contributed by atoms with van der Waals surface area (Å²) < 4.78 is 0. The topological polar surface area (TPSA) is 42.2 Å². The second-order valence-electron chi connectivity index (χ2n) is 6.09. The van der Waals surface area contributed by atoms with Crippen LogP contribution in [0, 0.1) is 17.8 Å². The third-order valence-corrected chi connectivity index (χ3v) is 4.84. The number of rotatable bonds is 4. The minimum Gasteiger partial charge on any atom is -0.327 e. The third-order valence-electron chi connectivity index (χ3n) is 4.84. The van der Waals surface area contributed by atoms with Gasteiger partial charge in [-0.3, -0.25) is 4.98 Å². The Morgan fingerprint density at radius 2 is 2.17 bits per heavy atom. The lowest BCUT2D eigenvalue weighted by Crippen LogP contribution is -2.41. The molecule has 3 heteroatoms. The van der Waals surface area contributed by atoms with Gasteiger partial charge in [0.15, 0.2) is 0 Å². The van der Waals surface area contributed by atoms with E-state index < -0.39 is 0 Å². The second kappa shape index (κ2) is 4.98. The zero-order chi connectivity index (χ0) is 12.5. The Morgan fingerprint density at radius 1 is 1.33 bits per heavy atom. The van der Waals surface area contributed by atoms with Crippen LogP contribution in [0.3, 0.4) is 0 Å². The van der Waals surface area contributed by atoms with E-state index in [-0.39, 0.29) is 0 Å². The van der Waals surface area contributed by atoms with Gasteiger partial charge in [0, 0.05) is 25.3 Å². The summed E-state index contributed by atoms with van der Waals surface area (Å²) in [5.74, 6) is 2.40. The minimum absolute atomic E-state index is 0.440. The number of hydrogen-bond acceptors (Lipinski definition) is 3. The highest BCUT2D eigenvalue weighted by molar-refractivity contribution is 5.04. The summed E-state index contributed by atoms with van der Waals surface area (Å²) in [6.45, 7) is 2.06. The van der Waals surface area contributed by atoms with Gasteiger partial charge >= 0.3 is 0 Å². The van der Waals surface area contributed by atoms with E-state index in [2.05, 4.69) is 29.1 Å². The number of nitrogens with zero attached hydrogens (tertiary/aromatic N) is 2. The lowest BCUT2D eigenvalue weighted by atomic mass is 9.84. The molecule has 98 valence electrons. The Morgan fingerprint density at radius 3 is 2.83 bits per heavy atom. The highest BCUT2D eigenvalue weighted by Crippen LogP contribution is 2.47. The Balaban J connectivity index is 1.57. The number of fused-ring (bicyclic) bond motifs is 2. The molecule has 1 aromatic heterocycles.